The molecule has 0 radical (unpaired) electrons. The minimum absolute atomic E-state index is 0.457. The summed E-state index contributed by atoms with van der Waals surface area (Å²) in [6, 6.07) is 10.5. The van der Waals surface area contributed by atoms with E-state index in [9.17, 15) is 0 Å². The number of hydrogen-bond acceptors (Lipinski definition) is 3. The van der Waals surface area contributed by atoms with E-state index in [1.807, 2.05) is 12.1 Å². The van der Waals surface area contributed by atoms with Crippen molar-refractivity contribution in [2.45, 2.75) is 0 Å². The molecular weight excluding hydrogens is 245 g/mol. The van der Waals surface area contributed by atoms with Crippen molar-refractivity contribution >= 4 is 40.5 Å². The lowest BCUT2D eigenvalue weighted by Crippen LogP contribution is -1.96. The second kappa shape index (κ2) is 4.60. The van der Waals surface area contributed by atoms with Gasteiger partial charge in [0.25, 0.3) is 0 Å². The molecule has 16 heavy (non-hydrogen) atoms. The molecule has 0 fully saturated rings. The summed E-state index contributed by atoms with van der Waals surface area (Å²) in [7, 11) is 0. The van der Waals surface area contributed by atoms with Gasteiger partial charge in [0, 0.05) is 15.7 Å². The van der Waals surface area contributed by atoms with Crippen molar-refractivity contribution in [1.29, 1.82) is 0 Å². The Hall–Kier alpha value is -1.45. The van der Waals surface area contributed by atoms with Gasteiger partial charge in [0.1, 0.15) is 11.6 Å². The van der Waals surface area contributed by atoms with E-state index in [0.29, 0.717) is 21.7 Å². The first kappa shape index (κ1) is 11.0. The third-order valence-electron chi connectivity index (χ3n) is 1.91. The second-order valence-electron chi connectivity index (χ2n) is 3.23. The standard InChI is InChI=1S/C11H9Cl2N3/c12-7-4-8(13)6-9(5-7)15-11-3-1-2-10(14)16-11/h1-6H,(H3,14,15,16). The first-order valence-corrected chi connectivity index (χ1v) is 5.35. The smallest absolute Gasteiger partial charge is 0.132 e. The van der Waals surface area contributed by atoms with Gasteiger partial charge in [-0.2, -0.15) is 0 Å². The summed E-state index contributed by atoms with van der Waals surface area (Å²) in [6.45, 7) is 0. The molecule has 3 nitrogen and oxygen atoms in total. The Labute approximate surface area is 103 Å². The van der Waals surface area contributed by atoms with Gasteiger partial charge in [0.05, 0.1) is 0 Å². The molecular formula is C11H9Cl2N3. The number of nitrogen functional groups attached to an aromatic ring is 1. The van der Waals surface area contributed by atoms with Gasteiger partial charge in [-0.25, -0.2) is 4.98 Å². The maximum Gasteiger partial charge on any atom is 0.132 e. The fraction of sp³-hybridized carbons (Fsp3) is 0. The average Bonchev–Trinajstić information content (AvgIpc) is 2.15. The molecule has 0 aliphatic carbocycles. The fourth-order valence-corrected chi connectivity index (χ4v) is 1.82. The minimum atomic E-state index is 0.457. The molecule has 0 saturated carbocycles. The van der Waals surface area contributed by atoms with Crippen LogP contribution in [0.4, 0.5) is 17.3 Å². The number of nitrogens with two attached hydrogens (primary N) is 1. The predicted molar refractivity (Wildman–Crippen MR) is 68.4 cm³/mol. The zero-order valence-corrected chi connectivity index (χ0v) is 9.76. The van der Waals surface area contributed by atoms with Crippen LogP contribution in [0.15, 0.2) is 36.4 Å². The molecule has 3 N–H and O–H groups in total. The molecule has 1 aromatic heterocycles. The summed E-state index contributed by atoms with van der Waals surface area (Å²) in [5, 5.41) is 4.20. The van der Waals surface area contributed by atoms with Gasteiger partial charge < -0.3 is 11.1 Å². The summed E-state index contributed by atoms with van der Waals surface area (Å²) in [5.74, 6) is 1.11. The Morgan fingerprint density at radius 1 is 1.06 bits per heavy atom. The highest BCUT2D eigenvalue weighted by Gasteiger charge is 2.00. The van der Waals surface area contributed by atoms with Crippen molar-refractivity contribution in [3.8, 4) is 0 Å². The molecule has 0 atom stereocenters. The van der Waals surface area contributed by atoms with Crippen LogP contribution in [0.2, 0.25) is 10.0 Å². The van der Waals surface area contributed by atoms with E-state index in [-0.39, 0.29) is 0 Å². The van der Waals surface area contributed by atoms with E-state index in [4.69, 9.17) is 28.9 Å². The normalized spacial score (nSPS) is 10.1. The summed E-state index contributed by atoms with van der Waals surface area (Å²) in [5.41, 5.74) is 6.34. The summed E-state index contributed by atoms with van der Waals surface area (Å²) >= 11 is 11.8. The topological polar surface area (TPSA) is 50.9 Å². The van der Waals surface area contributed by atoms with E-state index >= 15 is 0 Å². The van der Waals surface area contributed by atoms with Crippen molar-refractivity contribution < 1.29 is 0 Å². The van der Waals surface area contributed by atoms with Crippen molar-refractivity contribution in [2.75, 3.05) is 11.1 Å². The number of nitrogens with one attached hydrogen (secondary N) is 1. The predicted octanol–water partition coefficient (Wildman–Crippen LogP) is 3.71. The van der Waals surface area contributed by atoms with Gasteiger partial charge >= 0.3 is 0 Å². The zero-order chi connectivity index (χ0) is 11.5. The molecule has 0 saturated heterocycles. The van der Waals surface area contributed by atoms with E-state index in [1.54, 1.807) is 24.3 Å². The lowest BCUT2D eigenvalue weighted by atomic mass is 10.3. The molecule has 2 rings (SSSR count). The van der Waals surface area contributed by atoms with Gasteiger partial charge in [-0.15, -0.1) is 0 Å². The van der Waals surface area contributed by atoms with Gasteiger partial charge in [0.15, 0.2) is 0 Å². The van der Waals surface area contributed by atoms with E-state index in [0.717, 1.165) is 5.69 Å². The van der Waals surface area contributed by atoms with Crippen LogP contribution in [0.1, 0.15) is 0 Å². The van der Waals surface area contributed by atoms with E-state index < -0.39 is 0 Å². The van der Waals surface area contributed by atoms with Crippen LogP contribution in [-0.4, -0.2) is 4.98 Å². The largest absolute Gasteiger partial charge is 0.384 e. The number of nitrogens with zero attached hydrogens (tertiary/aromatic N) is 1. The maximum atomic E-state index is 5.88. The summed E-state index contributed by atoms with van der Waals surface area (Å²) in [4.78, 5) is 4.11. The number of anilines is 3. The van der Waals surface area contributed by atoms with Gasteiger partial charge in [-0.05, 0) is 30.3 Å². The summed E-state index contributed by atoms with van der Waals surface area (Å²) < 4.78 is 0. The van der Waals surface area contributed by atoms with Crippen LogP contribution in [0, 0.1) is 0 Å². The van der Waals surface area contributed by atoms with Crippen molar-refractivity contribution in [3.63, 3.8) is 0 Å². The molecule has 5 heteroatoms. The first-order chi connectivity index (χ1) is 7.63. The summed E-state index contributed by atoms with van der Waals surface area (Å²) in [6.07, 6.45) is 0. The first-order valence-electron chi connectivity index (χ1n) is 4.59. The molecule has 1 aromatic carbocycles. The van der Waals surface area contributed by atoms with Crippen LogP contribution in [0.5, 0.6) is 0 Å². The Balaban J connectivity index is 2.27. The van der Waals surface area contributed by atoms with Crippen LogP contribution < -0.4 is 11.1 Å². The number of benzene rings is 1. The lowest BCUT2D eigenvalue weighted by molar-refractivity contribution is 1.32. The minimum Gasteiger partial charge on any atom is -0.384 e. The molecule has 0 amide bonds. The van der Waals surface area contributed by atoms with Gasteiger partial charge in [0.2, 0.25) is 0 Å². The number of halogens is 2. The number of pyridine rings is 1. The Kier molecular flexibility index (Phi) is 3.17. The zero-order valence-electron chi connectivity index (χ0n) is 8.24. The van der Waals surface area contributed by atoms with Gasteiger partial charge in [-0.3, -0.25) is 0 Å². The van der Waals surface area contributed by atoms with Crippen molar-refractivity contribution in [1.82, 2.24) is 4.98 Å². The Morgan fingerprint density at radius 2 is 1.75 bits per heavy atom. The molecule has 0 bridgehead atoms. The van der Waals surface area contributed by atoms with Crippen LogP contribution in [-0.2, 0) is 0 Å². The molecule has 2 aromatic rings. The highest BCUT2D eigenvalue weighted by molar-refractivity contribution is 6.35. The van der Waals surface area contributed by atoms with E-state index in [2.05, 4.69) is 10.3 Å². The van der Waals surface area contributed by atoms with Crippen molar-refractivity contribution in [2.24, 2.45) is 0 Å². The highest BCUT2D eigenvalue weighted by Crippen LogP contribution is 2.24. The second-order valence-corrected chi connectivity index (χ2v) is 4.10. The third-order valence-corrected chi connectivity index (χ3v) is 2.34. The molecule has 0 spiro atoms. The van der Waals surface area contributed by atoms with Crippen molar-refractivity contribution in [3.05, 3.63) is 46.4 Å². The molecule has 0 aliphatic rings. The van der Waals surface area contributed by atoms with Crippen LogP contribution >= 0.6 is 23.2 Å². The van der Waals surface area contributed by atoms with Crippen LogP contribution in [0.3, 0.4) is 0 Å². The number of rotatable bonds is 2. The molecule has 82 valence electrons. The number of aromatic nitrogens is 1. The molecule has 0 unspecified atom stereocenters. The number of hydrogen-bond donors (Lipinski definition) is 2. The fourth-order valence-electron chi connectivity index (χ4n) is 1.29. The average molecular weight is 254 g/mol. The molecule has 0 aliphatic heterocycles. The maximum absolute atomic E-state index is 5.88. The molecule has 1 heterocycles. The lowest BCUT2D eigenvalue weighted by Gasteiger charge is -2.06. The SMILES string of the molecule is Nc1cccc(Nc2cc(Cl)cc(Cl)c2)n1. The van der Waals surface area contributed by atoms with Crippen LogP contribution in [0.25, 0.3) is 0 Å². The van der Waals surface area contributed by atoms with E-state index in [1.165, 1.54) is 0 Å². The van der Waals surface area contributed by atoms with Gasteiger partial charge in [-0.1, -0.05) is 29.3 Å². The Morgan fingerprint density at radius 3 is 2.38 bits per heavy atom. The monoisotopic (exact) mass is 253 g/mol. The quantitative estimate of drug-likeness (QED) is 0.858. The Bertz CT molecular complexity index is 494. The third kappa shape index (κ3) is 2.78. The highest BCUT2D eigenvalue weighted by atomic mass is 35.5.